The van der Waals surface area contributed by atoms with Crippen molar-refractivity contribution < 1.29 is 0 Å². The van der Waals surface area contributed by atoms with E-state index in [1.54, 1.807) is 6.20 Å². The Bertz CT molecular complexity index is 779. The summed E-state index contributed by atoms with van der Waals surface area (Å²) in [5.41, 5.74) is 8.21. The lowest BCUT2D eigenvalue weighted by atomic mass is 10.2. The third-order valence-electron chi connectivity index (χ3n) is 2.92. The van der Waals surface area contributed by atoms with Gasteiger partial charge >= 0.3 is 0 Å². The van der Waals surface area contributed by atoms with Crippen LogP contribution in [0.3, 0.4) is 0 Å². The van der Waals surface area contributed by atoms with Crippen LogP contribution in [0.5, 0.6) is 0 Å². The third-order valence-corrected chi connectivity index (χ3v) is 3.30. The first-order chi connectivity index (χ1) is 9.65. The predicted octanol–water partition coefficient (Wildman–Crippen LogP) is 3.04. The highest BCUT2D eigenvalue weighted by molar-refractivity contribution is 7.80. The van der Waals surface area contributed by atoms with Gasteiger partial charge in [0, 0.05) is 16.8 Å². The summed E-state index contributed by atoms with van der Waals surface area (Å²) in [6, 6.07) is 11.3. The summed E-state index contributed by atoms with van der Waals surface area (Å²) in [6.45, 7) is 0.404. The molecule has 0 amide bonds. The SMILES string of the molecule is NC(=S)Cn1c(-c2ccc(Cl)cc2)nc2cccnc21. The normalized spacial score (nSPS) is 10.8. The van der Waals surface area contributed by atoms with Crippen molar-refractivity contribution in [2.24, 2.45) is 5.73 Å². The van der Waals surface area contributed by atoms with E-state index < -0.39 is 0 Å². The summed E-state index contributed by atoms with van der Waals surface area (Å²) in [7, 11) is 0. The second kappa shape index (κ2) is 5.19. The van der Waals surface area contributed by atoms with Gasteiger partial charge < -0.3 is 10.3 Å². The molecule has 0 spiro atoms. The van der Waals surface area contributed by atoms with E-state index in [1.165, 1.54) is 0 Å². The fourth-order valence-electron chi connectivity index (χ4n) is 2.08. The number of aromatic nitrogens is 3. The minimum absolute atomic E-state index is 0.394. The molecule has 0 unspecified atom stereocenters. The number of benzene rings is 1. The molecule has 0 aliphatic carbocycles. The molecule has 0 aliphatic rings. The zero-order valence-electron chi connectivity index (χ0n) is 10.5. The van der Waals surface area contributed by atoms with E-state index in [0.29, 0.717) is 16.6 Å². The molecule has 2 N–H and O–H groups in total. The molecule has 2 aromatic heterocycles. The smallest absolute Gasteiger partial charge is 0.160 e. The fourth-order valence-corrected chi connectivity index (χ4v) is 2.34. The largest absolute Gasteiger partial charge is 0.392 e. The molecule has 1 aromatic carbocycles. The molecule has 2 heterocycles. The van der Waals surface area contributed by atoms with Crippen molar-refractivity contribution in [1.29, 1.82) is 0 Å². The van der Waals surface area contributed by atoms with Crippen molar-refractivity contribution in [2.75, 3.05) is 0 Å². The minimum atomic E-state index is 0.394. The van der Waals surface area contributed by atoms with Gasteiger partial charge in [0.1, 0.15) is 11.3 Å². The number of pyridine rings is 1. The first kappa shape index (κ1) is 13.0. The molecule has 4 nitrogen and oxygen atoms in total. The topological polar surface area (TPSA) is 56.7 Å². The Balaban J connectivity index is 2.23. The van der Waals surface area contributed by atoms with Crippen LogP contribution in [0.25, 0.3) is 22.6 Å². The minimum Gasteiger partial charge on any atom is -0.392 e. The third kappa shape index (κ3) is 2.37. The number of nitrogens with zero attached hydrogens (tertiary/aromatic N) is 3. The molecule has 3 aromatic rings. The van der Waals surface area contributed by atoms with Crippen LogP contribution >= 0.6 is 23.8 Å². The zero-order valence-corrected chi connectivity index (χ0v) is 12.0. The summed E-state index contributed by atoms with van der Waals surface area (Å²) in [6.07, 6.45) is 1.73. The van der Waals surface area contributed by atoms with Gasteiger partial charge in [-0.15, -0.1) is 0 Å². The number of rotatable bonds is 3. The number of nitrogens with two attached hydrogens (primary N) is 1. The maximum atomic E-state index is 5.92. The average Bonchev–Trinajstić information content (AvgIpc) is 2.78. The molecule has 0 atom stereocenters. The van der Waals surface area contributed by atoms with Crippen LogP contribution in [0.2, 0.25) is 5.02 Å². The number of fused-ring (bicyclic) bond motifs is 1. The highest BCUT2D eigenvalue weighted by atomic mass is 35.5. The lowest BCUT2D eigenvalue weighted by Gasteiger charge is -2.07. The molecule has 20 heavy (non-hydrogen) atoms. The van der Waals surface area contributed by atoms with Crippen LogP contribution in [-0.2, 0) is 6.54 Å². The van der Waals surface area contributed by atoms with Crippen LogP contribution in [0.15, 0.2) is 42.6 Å². The highest BCUT2D eigenvalue weighted by Crippen LogP contribution is 2.24. The molecule has 6 heteroatoms. The number of hydrogen-bond donors (Lipinski definition) is 1. The number of hydrogen-bond acceptors (Lipinski definition) is 3. The van der Waals surface area contributed by atoms with Crippen LogP contribution < -0.4 is 5.73 Å². The van der Waals surface area contributed by atoms with Gasteiger partial charge in [-0.1, -0.05) is 23.8 Å². The van der Waals surface area contributed by atoms with E-state index in [2.05, 4.69) is 9.97 Å². The van der Waals surface area contributed by atoms with Gasteiger partial charge in [-0.3, -0.25) is 0 Å². The predicted molar refractivity (Wildman–Crippen MR) is 84.8 cm³/mol. The number of imidazole rings is 1. The molecule has 0 bridgehead atoms. The van der Waals surface area contributed by atoms with Gasteiger partial charge in [0.2, 0.25) is 0 Å². The van der Waals surface area contributed by atoms with Crippen LogP contribution in [0.4, 0.5) is 0 Å². The van der Waals surface area contributed by atoms with Crippen LogP contribution in [0, 0.1) is 0 Å². The van der Waals surface area contributed by atoms with Crippen molar-refractivity contribution in [1.82, 2.24) is 14.5 Å². The van der Waals surface area contributed by atoms with Gasteiger partial charge in [0.15, 0.2) is 5.65 Å². The van der Waals surface area contributed by atoms with Gasteiger partial charge in [0.25, 0.3) is 0 Å². The van der Waals surface area contributed by atoms with Crippen LogP contribution in [-0.4, -0.2) is 19.5 Å². The van der Waals surface area contributed by atoms with Crippen molar-refractivity contribution in [2.45, 2.75) is 6.54 Å². The molecule has 100 valence electrons. The molecule has 3 rings (SSSR count). The Hall–Kier alpha value is -1.98. The molecule has 0 saturated carbocycles. The van der Waals surface area contributed by atoms with Gasteiger partial charge in [0.05, 0.1) is 11.5 Å². The first-order valence-electron chi connectivity index (χ1n) is 6.00. The molecule has 0 radical (unpaired) electrons. The monoisotopic (exact) mass is 302 g/mol. The maximum absolute atomic E-state index is 5.92. The Morgan fingerprint density at radius 1 is 1.25 bits per heavy atom. The van der Waals surface area contributed by atoms with Gasteiger partial charge in [-0.2, -0.15) is 0 Å². The van der Waals surface area contributed by atoms with Crippen molar-refractivity contribution in [3.63, 3.8) is 0 Å². The summed E-state index contributed by atoms with van der Waals surface area (Å²) in [5, 5.41) is 0.684. The Morgan fingerprint density at radius 2 is 2.00 bits per heavy atom. The number of thiocarbonyl (C=S) groups is 1. The zero-order chi connectivity index (χ0) is 14.1. The second-order valence-corrected chi connectivity index (χ2v) is 5.30. The fraction of sp³-hybridized carbons (Fsp3) is 0.0714. The summed E-state index contributed by atoms with van der Waals surface area (Å²) >= 11 is 10.9. The summed E-state index contributed by atoms with van der Waals surface area (Å²) < 4.78 is 1.92. The molecule has 0 fully saturated rings. The molecule has 0 aliphatic heterocycles. The van der Waals surface area contributed by atoms with Crippen molar-refractivity contribution >= 4 is 40.0 Å². The quantitative estimate of drug-likeness (QED) is 0.756. The summed E-state index contributed by atoms with van der Waals surface area (Å²) in [5.74, 6) is 0.781. The van der Waals surface area contributed by atoms with E-state index in [4.69, 9.17) is 29.6 Å². The van der Waals surface area contributed by atoms with E-state index in [-0.39, 0.29) is 0 Å². The van der Waals surface area contributed by atoms with E-state index in [1.807, 2.05) is 41.0 Å². The first-order valence-corrected chi connectivity index (χ1v) is 6.79. The van der Waals surface area contributed by atoms with Crippen molar-refractivity contribution in [3.8, 4) is 11.4 Å². The lowest BCUT2D eigenvalue weighted by molar-refractivity contribution is 0.882. The van der Waals surface area contributed by atoms with Crippen LogP contribution in [0.1, 0.15) is 0 Å². The van der Waals surface area contributed by atoms with E-state index in [0.717, 1.165) is 22.6 Å². The maximum Gasteiger partial charge on any atom is 0.160 e. The average molecular weight is 303 g/mol. The second-order valence-electron chi connectivity index (χ2n) is 4.34. The Labute approximate surface area is 126 Å². The van der Waals surface area contributed by atoms with E-state index >= 15 is 0 Å². The molecular weight excluding hydrogens is 292 g/mol. The Morgan fingerprint density at radius 3 is 2.70 bits per heavy atom. The van der Waals surface area contributed by atoms with Gasteiger partial charge in [-0.05, 0) is 36.4 Å². The Kier molecular flexibility index (Phi) is 3.38. The molecule has 0 saturated heterocycles. The van der Waals surface area contributed by atoms with Crippen molar-refractivity contribution in [3.05, 3.63) is 47.6 Å². The highest BCUT2D eigenvalue weighted by Gasteiger charge is 2.13. The van der Waals surface area contributed by atoms with Gasteiger partial charge in [-0.25, -0.2) is 9.97 Å². The lowest BCUT2D eigenvalue weighted by Crippen LogP contribution is -2.17. The number of halogens is 1. The standard InChI is InChI=1S/C14H11ClN4S/c15-10-5-3-9(4-6-10)13-18-11-2-1-7-17-14(11)19(13)8-12(16)20/h1-7H,8H2,(H2,16,20). The summed E-state index contributed by atoms with van der Waals surface area (Å²) in [4.78, 5) is 9.36. The van der Waals surface area contributed by atoms with E-state index in [9.17, 15) is 0 Å². The molecular formula is C14H11ClN4S.